The van der Waals surface area contributed by atoms with Crippen LogP contribution in [0.1, 0.15) is 23.9 Å². The molecule has 0 aliphatic rings. The first-order valence-corrected chi connectivity index (χ1v) is 6.39. The highest BCUT2D eigenvalue weighted by Crippen LogP contribution is 2.12. The standard InChI is InChI=1S/C13H16N6/c14-7-3-6-11-17-13(19-18-11)8-12-15-9-4-1-2-5-10(9)16-12/h1-2,4-5H,3,6-8,14H2,(H,15,16)(H,17,18,19). The van der Waals surface area contributed by atoms with Crippen LogP contribution in [0.2, 0.25) is 0 Å². The van der Waals surface area contributed by atoms with Gasteiger partial charge < -0.3 is 10.7 Å². The van der Waals surface area contributed by atoms with Crippen molar-refractivity contribution in [2.24, 2.45) is 5.73 Å². The normalized spacial score (nSPS) is 11.2. The van der Waals surface area contributed by atoms with E-state index in [4.69, 9.17) is 5.73 Å². The number of hydrogen-bond donors (Lipinski definition) is 3. The quantitative estimate of drug-likeness (QED) is 0.638. The van der Waals surface area contributed by atoms with Gasteiger partial charge in [0.05, 0.1) is 17.5 Å². The third-order valence-electron chi connectivity index (χ3n) is 2.96. The lowest BCUT2D eigenvalue weighted by atomic mass is 10.3. The molecule has 0 spiro atoms. The number of H-pyrrole nitrogens is 2. The predicted molar refractivity (Wildman–Crippen MR) is 72.7 cm³/mol. The minimum Gasteiger partial charge on any atom is -0.342 e. The van der Waals surface area contributed by atoms with Gasteiger partial charge >= 0.3 is 0 Å². The van der Waals surface area contributed by atoms with Crippen molar-refractivity contribution in [1.82, 2.24) is 25.1 Å². The summed E-state index contributed by atoms with van der Waals surface area (Å²) in [7, 11) is 0. The molecule has 0 unspecified atom stereocenters. The zero-order chi connectivity index (χ0) is 13.1. The number of rotatable bonds is 5. The zero-order valence-corrected chi connectivity index (χ0v) is 10.6. The van der Waals surface area contributed by atoms with Crippen LogP contribution < -0.4 is 5.73 Å². The number of nitrogens with one attached hydrogen (secondary N) is 2. The summed E-state index contributed by atoms with van der Waals surface area (Å²) in [5.41, 5.74) is 7.48. The van der Waals surface area contributed by atoms with Gasteiger partial charge in [-0.25, -0.2) is 9.97 Å². The van der Waals surface area contributed by atoms with Crippen LogP contribution in [-0.2, 0) is 12.8 Å². The molecule has 0 amide bonds. The van der Waals surface area contributed by atoms with E-state index in [0.717, 1.165) is 41.3 Å². The molecule has 0 saturated carbocycles. The molecule has 3 aromatic rings. The van der Waals surface area contributed by atoms with E-state index in [2.05, 4.69) is 25.1 Å². The van der Waals surface area contributed by atoms with Gasteiger partial charge in [-0.05, 0) is 25.1 Å². The van der Waals surface area contributed by atoms with Crippen molar-refractivity contribution in [1.29, 1.82) is 0 Å². The molecule has 2 heterocycles. The number of benzene rings is 1. The molecule has 2 aromatic heterocycles. The molecule has 0 radical (unpaired) electrons. The molecule has 0 saturated heterocycles. The summed E-state index contributed by atoms with van der Waals surface area (Å²) < 4.78 is 0. The molecule has 19 heavy (non-hydrogen) atoms. The van der Waals surface area contributed by atoms with E-state index >= 15 is 0 Å². The van der Waals surface area contributed by atoms with Crippen LogP contribution in [0.3, 0.4) is 0 Å². The predicted octanol–water partition coefficient (Wildman–Crippen LogP) is 1.16. The highest BCUT2D eigenvalue weighted by molar-refractivity contribution is 5.74. The van der Waals surface area contributed by atoms with E-state index in [0.29, 0.717) is 13.0 Å². The van der Waals surface area contributed by atoms with Crippen molar-refractivity contribution in [2.45, 2.75) is 19.3 Å². The van der Waals surface area contributed by atoms with Crippen LogP contribution in [-0.4, -0.2) is 31.7 Å². The van der Waals surface area contributed by atoms with Crippen molar-refractivity contribution in [3.05, 3.63) is 41.7 Å². The molecule has 98 valence electrons. The fraction of sp³-hybridized carbons (Fsp3) is 0.308. The van der Waals surface area contributed by atoms with Gasteiger partial charge in [0.1, 0.15) is 11.6 Å². The van der Waals surface area contributed by atoms with Crippen LogP contribution in [0.4, 0.5) is 0 Å². The van der Waals surface area contributed by atoms with Crippen LogP contribution >= 0.6 is 0 Å². The van der Waals surface area contributed by atoms with Crippen molar-refractivity contribution in [3.8, 4) is 0 Å². The van der Waals surface area contributed by atoms with Crippen molar-refractivity contribution < 1.29 is 0 Å². The molecule has 0 atom stereocenters. The third-order valence-corrected chi connectivity index (χ3v) is 2.96. The van der Waals surface area contributed by atoms with E-state index in [9.17, 15) is 0 Å². The molecule has 3 rings (SSSR count). The molecule has 6 heteroatoms. The number of aromatic nitrogens is 5. The Morgan fingerprint density at radius 3 is 2.84 bits per heavy atom. The van der Waals surface area contributed by atoms with Gasteiger partial charge in [-0.2, -0.15) is 5.10 Å². The summed E-state index contributed by atoms with van der Waals surface area (Å²) in [5, 5.41) is 7.12. The lowest BCUT2D eigenvalue weighted by Crippen LogP contribution is -2.01. The average molecular weight is 256 g/mol. The van der Waals surface area contributed by atoms with Crippen molar-refractivity contribution in [3.63, 3.8) is 0 Å². The number of nitrogens with two attached hydrogens (primary N) is 1. The number of para-hydroxylation sites is 2. The first-order valence-electron chi connectivity index (χ1n) is 6.39. The topological polar surface area (TPSA) is 96.3 Å². The summed E-state index contributed by atoms with van der Waals surface area (Å²) in [5.74, 6) is 2.53. The fourth-order valence-electron chi connectivity index (χ4n) is 2.03. The molecule has 1 aromatic carbocycles. The molecular formula is C13H16N6. The second-order valence-corrected chi connectivity index (χ2v) is 4.47. The second-order valence-electron chi connectivity index (χ2n) is 4.47. The van der Waals surface area contributed by atoms with E-state index in [1.54, 1.807) is 0 Å². The van der Waals surface area contributed by atoms with E-state index in [1.165, 1.54) is 0 Å². The monoisotopic (exact) mass is 256 g/mol. The first kappa shape index (κ1) is 11.9. The maximum absolute atomic E-state index is 5.47. The second kappa shape index (κ2) is 5.19. The van der Waals surface area contributed by atoms with Gasteiger partial charge in [-0.15, -0.1) is 0 Å². The number of imidazole rings is 1. The number of fused-ring (bicyclic) bond motifs is 1. The molecule has 0 fully saturated rings. The Balaban J connectivity index is 1.75. The summed E-state index contributed by atoms with van der Waals surface area (Å²) in [6.45, 7) is 0.660. The molecule has 0 aliphatic carbocycles. The van der Waals surface area contributed by atoms with E-state index in [1.807, 2.05) is 24.3 Å². The van der Waals surface area contributed by atoms with Gasteiger partial charge in [-0.3, -0.25) is 5.10 Å². The Labute approximate surface area is 110 Å². The van der Waals surface area contributed by atoms with Crippen LogP contribution in [0, 0.1) is 0 Å². The number of hydrogen-bond acceptors (Lipinski definition) is 4. The minimum absolute atomic E-state index is 0.629. The highest BCUT2D eigenvalue weighted by Gasteiger charge is 2.07. The molecule has 4 N–H and O–H groups in total. The highest BCUT2D eigenvalue weighted by atomic mass is 15.2. The summed E-state index contributed by atoms with van der Waals surface area (Å²) in [6.07, 6.45) is 2.35. The lowest BCUT2D eigenvalue weighted by Gasteiger charge is -1.91. The summed E-state index contributed by atoms with van der Waals surface area (Å²) in [4.78, 5) is 12.2. The van der Waals surface area contributed by atoms with Gasteiger partial charge in [0.15, 0.2) is 5.82 Å². The van der Waals surface area contributed by atoms with Crippen molar-refractivity contribution >= 4 is 11.0 Å². The molecular weight excluding hydrogens is 240 g/mol. The maximum atomic E-state index is 5.47. The Bertz CT molecular complexity index is 635. The minimum atomic E-state index is 0.629. The zero-order valence-electron chi connectivity index (χ0n) is 10.6. The third kappa shape index (κ3) is 2.63. The Morgan fingerprint density at radius 1 is 1.11 bits per heavy atom. The summed E-state index contributed by atoms with van der Waals surface area (Å²) >= 11 is 0. The largest absolute Gasteiger partial charge is 0.342 e. The van der Waals surface area contributed by atoms with E-state index in [-0.39, 0.29) is 0 Å². The van der Waals surface area contributed by atoms with Crippen LogP contribution in [0.25, 0.3) is 11.0 Å². The average Bonchev–Trinajstić information content (AvgIpc) is 3.02. The Morgan fingerprint density at radius 2 is 2.00 bits per heavy atom. The summed E-state index contributed by atoms with van der Waals surface area (Å²) in [6, 6.07) is 7.97. The van der Waals surface area contributed by atoms with E-state index < -0.39 is 0 Å². The van der Waals surface area contributed by atoms with Crippen LogP contribution in [0.15, 0.2) is 24.3 Å². The number of aromatic amines is 2. The maximum Gasteiger partial charge on any atom is 0.150 e. The van der Waals surface area contributed by atoms with Gasteiger partial charge in [0, 0.05) is 6.42 Å². The molecule has 6 nitrogen and oxygen atoms in total. The SMILES string of the molecule is NCCCc1n[nH]c(Cc2nc3ccccc3[nH]2)n1. The van der Waals surface area contributed by atoms with Gasteiger partial charge in [-0.1, -0.05) is 12.1 Å². The molecule has 0 bridgehead atoms. The number of nitrogens with zero attached hydrogens (tertiary/aromatic N) is 3. The fourth-order valence-corrected chi connectivity index (χ4v) is 2.03. The van der Waals surface area contributed by atoms with Crippen LogP contribution in [0.5, 0.6) is 0 Å². The lowest BCUT2D eigenvalue weighted by molar-refractivity contribution is 0.785. The smallest absolute Gasteiger partial charge is 0.150 e. The van der Waals surface area contributed by atoms with Gasteiger partial charge in [0.25, 0.3) is 0 Å². The van der Waals surface area contributed by atoms with Gasteiger partial charge in [0.2, 0.25) is 0 Å². The number of aryl methyl sites for hydroxylation is 1. The molecule has 0 aliphatic heterocycles. The van der Waals surface area contributed by atoms with Crippen molar-refractivity contribution in [2.75, 3.05) is 6.54 Å². The Kier molecular flexibility index (Phi) is 3.24. The Hall–Kier alpha value is -2.21. The first-order chi connectivity index (χ1) is 9.35.